The van der Waals surface area contributed by atoms with E-state index in [0.717, 1.165) is 6.54 Å². The Bertz CT molecular complexity index is 283. The number of rotatable bonds is 6. The molecular weight excluding hydrogens is 224 g/mol. The van der Waals surface area contributed by atoms with Gasteiger partial charge in [-0.2, -0.15) is 0 Å². The van der Waals surface area contributed by atoms with Gasteiger partial charge in [0.05, 0.1) is 6.10 Å². The predicted octanol–water partition coefficient (Wildman–Crippen LogP) is -0.313. The molecule has 0 aliphatic carbocycles. The van der Waals surface area contributed by atoms with E-state index < -0.39 is 12.0 Å². The van der Waals surface area contributed by atoms with E-state index in [-0.39, 0.29) is 12.0 Å². The Hall–Kier alpha value is -1.14. The first kappa shape index (κ1) is 13.9. The quantitative estimate of drug-likeness (QED) is 0.626. The van der Waals surface area contributed by atoms with Gasteiger partial charge in [0.1, 0.15) is 6.04 Å². The number of hydrogen-bond acceptors (Lipinski definition) is 4. The fourth-order valence-electron chi connectivity index (χ4n) is 1.99. The molecule has 6 nitrogen and oxygen atoms in total. The number of carbonyl (C=O) groups excluding carboxylic acids is 1. The van der Waals surface area contributed by atoms with Crippen LogP contribution in [0.1, 0.15) is 19.8 Å². The largest absolute Gasteiger partial charge is 0.480 e. The van der Waals surface area contributed by atoms with Gasteiger partial charge in [0.15, 0.2) is 0 Å². The van der Waals surface area contributed by atoms with Gasteiger partial charge in [0.2, 0.25) is 5.91 Å². The number of carbonyl (C=O) groups is 2. The van der Waals surface area contributed by atoms with Gasteiger partial charge in [-0.05, 0) is 6.54 Å². The molecular formula is C11H20N2O4. The third-order valence-electron chi connectivity index (χ3n) is 2.97. The molecule has 98 valence electrons. The van der Waals surface area contributed by atoms with Gasteiger partial charge >= 0.3 is 5.97 Å². The Kier molecular flexibility index (Phi) is 5.37. The molecule has 0 bridgehead atoms. The minimum Gasteiger partial charge on any atom is -0.480 e. The predicted molar refractivity (Wildman–Crippen MR) is 61.7 cm³/mol. The van der Waals surface area contributed by atoms with E-state index in [0.29, 0.717) is 25.9 Å². The molecule has 1 aliphatic rings. The number of aliphatic carboxylic acids is 1. The van der Waals surface area contributed by atoms with Crippen LogP contribution in [-0.2, 0) is 14.3 Å². The van der Waals surface area contributed by atoms with E-state index in [1.165, 1.54) is 12.0 Å². The molecule has 6 heteroatoms. The van der Waals surface area contributed by atoms with Crippen LogP contribution in [0.5, 0.6) is 0 Å². The SMILES string of the molecule is CCNCCC(=O)N1CC(OC)CC1C(=O)O. The fraction of sp³-hybridized carbons (Fsp3) is 0.818. The van der Waals surface area contributed by atoms with Crippen molar-refractivity contribution < 1.29 is 19.4 Å². The number of hydrogen-bond donors (Lipinski definition) is 2. The minimum absolute atomic E-state index is 0.127. The maximum absolute atomic E-state index is 11.9. The average Bonchev–Trinajstić information content (AvgIpc) is 2.73. The van der Waals surface area contributed by atoms with Crippen molar-refractivity contribution in [3.8, 4) is 0 Å². The standard InChI is InChI=1S/C11H20N2O4/c1-3-12-5-4-10(14)13-7-8(17-2)6-9(13)11(15)16/h8-9,12H,3-7H2,1-2H3,(H,15,16). The summed E-state index contributed by atoms with van der Waals surface area (Å²) in [6.45, 7) is 3.71. The highest BCUT2D eigenvalue weighted by atomic mass is 16.5. The molecule has 1 heterocycles. The van der Waals surface area contributed by atoms with E-state index in [9.17, 15) is 9.59 Å². The van der Waals surface area contributed by atoms with E-state index in [1.54, 1.807) is 0 Å². The molecule has 0 aromatic heterocycles. The van der Waals surface area contributed by atoms with Gasteiger partial charge in [-0.15, -0.1) is 0 Å². The van der Waals surface area contributed by atoms with E-state index in [1.807, 2.05) is 6.92 Å². The molecule has 1 fully saturated rings. The first-order chi connectivity index (χ1) is 8.10. The molecule has 1 saturated heterocycles. The molecule has 2 N–H and O–H groups in total. The van der Waals surface area contributed by atoms with Crippen LogP contribution in [0.15, 0.2) is 0 Å². The van der Waals surface area contributed by atoms with Crippen molar-refractivity contribution in [3.63, 3.8) is 0 Å². The zero-order valence-corrected chi connectivity index (χ0v) is 10.3. The summed E-state index contributed by atoms with van der Waals surface area (Å²) in [5.41, 5.74) is 0. The molecule has 2 atom stereocenters. The highest BCUT2D eigenvalue weighted by molar-refractivity contribution is 5.84. The van der Waals surface area contributed by atoms with Gasteiger partial charge < -0.3 is 20.1 Å². The second-order valence-corrected chi connectivity index (χ2v) is 4.10. The maximum Gasteiger partial charge on any atom is 0.326 e. The summed E-state index contributed by atoms with van der Waals surface area (Å²) in [5.74, 6) is -1.08. The first-order valence-electron chi connectivity index (χ1n) is 5.86. The van der Waals surface area contributed by atoms with Crippen molar-refractivity contribution in [3.05, 3.63) is 0 Å². The van der Waals surface area contributed by atoms with Crippen LogP contribution in [0.25, 0.3) is 0 Å². The van der Waals surface area contributed by atoms with E-state index >= 15 is 0 Å². The van der Waals surface area contributed by atoms with Gasteiger partial charge in [0.25, 0.3) is 0 Å². The summed E-state index contributed by atoms with van der Waals surface area (Å²) in [6.07, 6.45) is 0.534. The summed E-state index contributed by atoms with van der Waals surface area (Å²) in [7, 11) is 1.54. The minimum atomic E-state index is -0.957. The lowest BCUT2D eigenvalue weighted by Crippen LogP contribution is -2.41. The van der Waals surface area contributed by atoms with Crippen molar-refractivity contribution in [1.29, 1.82) is 0 Å². The van der Waals surface area contributed by atoms with Crippen LogP contribution in [0.4, 0.5) is 0 Å². The average molecular weight is 244 g/mol. The Morgan fingerprint density at radius 1 is 1.53 bits per heavy atom. The lowest BCUT2D eigenvalue weighted by Gasteiger charge is -2.21. The lowest BCUT2D eigenvalue weighted by molar-refractivity contribution is -0.148. The van der Waals surface area contributed by atoms with Crippen molar-refractivity contribution in [2.24, 2.45) is 0 Å². The topological polar surface area (TPSA) is 78.9 Å². The number of amides is 1. The molecule has 17 heavy (non-hydrogen) atoms. The second kappa shape index (κ2) is 6.56. The fourth-order valence-corrected chi connectivity index (χ4v) is 1.99. The highest BCUT2D eigenvalue weighted by Gasteiger charge is 2.39. The highest BCUT2D eigenvalue weighted by Crippen LogP contribution is 2.20. The van der Waals surface area contributed by atoms with Crippen LogP contribution in [0, 0.1) is 0 Å². The van der Waals surface area contributed by atoms with Crippen LogP contribution in [0.3, 0.4) is 0 Å². The first-order valence-corrected chi connectivity index (χ1v) is 5.86. The zero-order chi connectivity index (χ0) is 12.8. The molecule has 0 aromatic rings. The molecule has 0 radical (unpaired) electrons. The molecule has 1 aliphatic heterocycles. The van der Waals surface area contributed by atoms with Crippen LogP contribution < -0.4 is 5.32 Å². The number of methoxy groups -OCH3 is 1. The van der Waals surface area contributed by atoms with Gasteiger partial charge in [-0.1, -0.05) is 6.92 Å². The number of carboxylic acids is 1. The Morgan fingerprint density at radius 2 is 2.24 bits per heavy atom. The third-order valence-corrected chi connectivity index (χ3v) is 2.97. The summed E-state index contributed by atoms with van der Waals surface area (Å²) < 4.78 is 5.12. The molecule has 1 rings (SSSR count). The Balaban J connectivity index is 2.54. The Morgan fingerprint density at radius 3 is 2.76 bits per heavy atom. The summed E-state index contributed by atoms with van der Waals surface area (Å²) in [4.78, 5) is 24.3. The van der Waals surface area contributed by atoms with Gasteiger partial charge in [-0.25, -0.2) is 4.79 Å². The van der Waals surface area contributed by atoms with Crippen molar-refractivity contribution in [1.82, 2.24) is 10.2 Å². The molecule has 2 unspecified atom stereocenters. The Labute approximate surface area is 101 Å². The number of nitrogens with one attached hydrogen (secondary N) is 1. The summed E-state index contributed by atoms with van der Waals surface area (Å²) in [5, 5.41) is 12.1. The lowest BCUT2D eigenvalue weighted by atomic mass is 10.2. The van der Waals surface area contributed by atoms with E-state index in [2.05, 4.69) is 5.32 Å². The molecule has 1 amide bonds. The van der Waals surface area contributed by atoms with Crippen LogP contribution in [-0.4, -0.2) is 60.8 Å². The molecule has 0 aromatic carbocycles. The number of ether oxygens (including phenoxy) is 1. The summed E-state index contributed by atoms with van der Waals surface area (Å²) >= 11 is 0. The number of carboxylic acid groups (broad SMARTS) is 1. The maximum atomic E-state index is 11.9. The third kappa shape index (κ3) is 3.67. The number of likely N-dealkylation sites (tertiary alicyclic amines) is 1. The van der Waals surface area contributed by atoms with Crippen LogP contribution in [0.2, 0.25) is 0 Å². The number of nitrogens with zero attached hydrogens (tertiary/aromatic N) is 1. The smallest absolute Gasteiger partial charge is 0.326 e. The van der Waals surface area contributed by atoms with Gasteiger partial charge in [-0.3, -0.25) is 4.79 Å². The molecule has 0 saturated carbocycles. The van der Waals surface area contributed by atoms with Crippen molar-refractivity contribution >= 4 is 11.9 Å². The zero-order valence-electron chi connectivity index (χ0n) is 10.3. The van der Waals surface area contributed by atoms with Crippen molar-refractivity contribution in [2.75, 3.05) is 26.7 Å². The van der Waals surface area contributed by atoms with Gasteiger partial charge in [0, 0.05) is 33.0 Å². The summed E-state index contributed by atoms with van der Waals surface area (Å²) in [6, 6.07) is -0.742. The molecule has 0 spiro atoms. The second-order valence-electron chi connectivity index (χ2n) is 4.10. The monoisotopic (exact) mass is 244 g/mol. The van der Waals surface area contributed by atoms with Crippen LogP contribution >= 0.6 is 0 Å². The van der Waals surface area contributed by atoms with E-state index in [4.69, 9.17) is 9.84 Å². The van der Waals surface area contributed by atoms with Crippen molar-refractivity contribution in [2.45, 2.75) is 31.9 Å². The normalized spacial score (nSPS) is 24.0.